The van der Waals surface area contributed by atoms with Crippen LogP contribution in [0.5, 0.6) is 0 Å². The van der Waals surface area contributed by atoms with E-state index in [1.165, 1.54) is 92.3 Å². The van der Waals surface area contributed by atoms with Crippen molar-refractivity contribution in [1.29, 1.82) is 0 Å². The first-order chi connectivity index (χ1) is 52.9. The molecule has 0 saturated heterocycles. The Labute approximate surface area is 681 Å². The Balaban J connectivity index is 2.57. The van der Waals surface area contributed by atoms with Gasteiger partial charge in [-0.05, 0) is 118 Å². The largest absolute Gasteiger partial charge is 0.462 e. The number of ether oxygens (including phenoxy) is 2. The van der Waals surface area contributed by atoms with E-state index in [0.29, 0.717) is 6.42 Å². The predicted molar refractivity (Wildman–Crippen MR) is 446 cm³/mol. The van der Waals surface area contributed by atoms with Gasteiger partial charge in [-0.15, -0.1) is 0 Å². The van der Waals surface area contributed by atoms with E-state index in [1.807, 2.05) is 90.9 Å². The molecule has 0 aliphatic rings. The van der Waals surface area contributed by atoms with Gasteiger partial charge in [0.15, 0.2) is 0 Å². The molecule has 2 aromatic carbocycles. The molecule has 0 fully saturated rings. The molecule has 14 atom stereocenters. The molecule has 0 radical (unpaired) electrons. The molecule has 2 aromatic rings. The van der Waals surface area contributed by atoms with Crippen LogP contribution in [0, 0.1) is 41.4 Å². The second kappa shape index (κ2) is 46.8. The molecule has 0 unspecified atom stereocenters. The first-order valence-electron chi connectivity index (χ1n) is 40.4. The molecule has 0 aliphatic heterocycles. The third-order valence-corrected chi connectivity index (χ3v) is 26.3. The molecule has 28 nitrogen and oxygen atoms in total. The van der Waals surface area contributed by atoms with Gasteiger partial charge >= 0.3 is 11.9 Å². The van der Waals surface area contributed by atoms with E-state index < -0.39 is 175 Å². The number of allylic oxidation sites excluding steroid dienone is 2. The predicted octanol–water partition coefficient (Wildman–Crippen LogP) is 6.16. The summed E-state index contributed by atoms with van der Waals surface area (Å²) in [5.74, 6) is -11.3. The minimum Gasteiger partial charge on any atom is -0.462 e. The van der Waals surface area contributed by atoms with E-state index in [-0.39, 0.29) is 75.0 Å². The maximum atomic E-state index is 15.4. The van der Waals surface area contributed by atoms with Crippen LogP contribution in [0.2, 0.25) is 5.04 Å². The van der Waals surface area contributed by atoms with Crippen molar-refractivity contribution in [2.24, 2.45) is 41.4 Å². The zero-order valence-corrected chi connectivity index (χ0v) is 75.2. The fraction of sp³-hybridized carbons (Fsp3) is 0.682. The van der Waals surface area contributed by atoms with Crippen molar-refractivity contribution in [3.63, 3.8) is 0 Å². The Hall–Kier alpha value is -8.57. The number of likely N-dealkylation sites (N-methyl/N-ethyl adjacent to an activating group) is 8. The van der Waals surface area contributed by atoms with Gasteiger partial charge in [-0.25, -0.2) is 4.79 Å². The van der Waals surface area contributed by atoms with E-state index in [0.717, 1.165) is 15.3 Å². The number of carbonyl (C=O) groups excluding carboxylic acids is 13. The molecule has 0 spiro atoms. The monoisotopic (exact) mass is 1620 g/mol. The molecule has 11 amide bonds. The molecule has 0 saturated carbocycles. The van der Waals surface area contributed by atoms with Crippen LogP contribution in [0.25, 0.3) is 0 Å². The summed E-state index contributed by atoms with van der Waals surface area (Å²) < 4.78 is 18.7. The fourth-order valence-corrected chi connectivity index (χ4v) is 19.0. The lowest BCUT2D eigenvalue weighted by Crippen LogP contribution is -2.67. The molecule has 0 bridgehead atoms. The highest BCUT2D eigenvalue weighted by Gasteiger charge is 2.52. The summed E-state index contributed by atoms with van der Waals surface area (Å²) in [6.45, 7) is 38.7. The molecule has 114 heavy (non-hydrogen) atoms. The van der Waals surface area contributed by atoms with Gasteiger partial charge < -0.3 is 74.8 Å². The van der Waals surface area contributed by atoms with Crippen LogP contribution in [-0.4, -0.2) is 268 Å². The Kier molecular flexibility index (Phi) is 41.7. The highest BCUT2D eigenvalue weighted by Crippen LogP contribution is 2.38. The van der Waals surface area contributed by atoms with Crippen molar-refractivity contribution in [2.45, 2.75) is 262 Å². The summed E-state index contributed by atoms with van der Waals surface area (Å²) in [5, 5.41) is 15.8. The minimum atomic E-state index is -3.14. The highest BCUT2D eigenvalue weighted by molar-refractivity contribution is 6.99. The Morgan fingerprint density at radius 3 is 1.36 bits per heavy atom. The number of benzene rings is 2. The van der Waals surface area contributed by atoms with Crippen LogP contribution in [0.15, 0.2) is 72.8 Å². The zero-order valence-electron chi connectivity index (χ0n) is 74.2. The van der Waals surface area contributed by atoms with Crippen molar-refractivity contribution < 1.29 is 76.2 Å². The number of hydrogen-bond donors (Lipinski definition) is 5. The van der Waals surface area contributed by atoms with Crippen LogP contribution >= 0.6 is 0 Å². The van der Waals surface area contributed by atoms with Crippen LogP contribution in [0.1, 0.15) is 184 Å². The maximum absolute atomic E-state index is 15.4. The lowest BCUT2D eigenvalue weighted by Gasteiger charge is -2.44. The third-order valence-electron chi connectivity index (χ3n) is 21.3. The SMILES string of the molecule is C/C=C/C[C@@H](C)[C@@H](OC(C)=O)[C@@H](C(=O)N[C@@H](CC)C(=O)OCCN(C)C(C)=O)N(C)C(=O)[C@H](C(C)C)N(C)C(=O)[C@H](CC(C)C)N(C)C(=O)[C@H](CC(C)C)N(C)C(=O)[C@@H](C)NC(=O)[C@H](C)NC(=O)[C@H](CC(C)C)N(C)C(=O)[C@@H](NC(=O)[C@H]([C@H](C)CO[Si](c1ccccc1)(c1ccccc1)C(C)(C)C)N(C)C(=O)[C@@H](C)NC)C(C)C. The van der Waals surface area contributed by atoms with Gasteiger partial charge in [-0.1, -0.05) is 184 Å². The molecule has 642 valence electrons. The third kappa shape index (κ3) is 28.1. The quantitative estimate of drug-likeness (QED) is 0.0281. The summed E-state index contributed by atoms with van der Waals surface area (Å²) in [6.07, 6.45) is 3.03. The summed E-state index contributed by atoms with van der Waals surface area (Å²) in [4.78, 5) is 196. The topological polar surface area (TPSA) is 332 Å². The van der Waals surface area contributed by atoms with Gasteiger partial charge in [0.2, 0.25) is 65.0 Å². The summed E-state index contributed by atoms with van der Waals surface area (Å²) in [6, 6.07) is 6.80. The average molecular weight is 1620 g/mol. The number of carbonyl (C=O) groups is 13. The fourth-order valence-electron chi connectivity index (χ4n) is 14.3. The van der Waals surface area contributed by atoms with Crippen molar-refractivity contribution in [3.05, 3.63) is 72.8 Å². The summed E-state index contributed by atoms with van der Waals surface area (Å²) >= 11 is 0. The molecule has 2 rings (SSSR count). The van der Waals surface area contributed by atoms with E-state index in [2.05, 4.69) is 71.6 Å². The molecule has 0 aliphatic carbocycles. The zero-order chi connectivity index (χ0) is 87.5. The number of nitrogens with one attached hydrogen (secondary N) is 5. The van der Waals surface area contributed by atoms with Gasteiger partial charge in [-0.3, -0.25) is 57.5 Å². The number of hydrogen-bond acceptors (Lipinski definition) is 17. The molecular formula is C85H142N12O16Si. The summed E-state index contributed by atoms with van der Waals surface area (Å²) in [5.41, 5.74) is 0. The van der Waals surface area contributed by atoms with Crippen molar-refractivity contribution >= 4 is 95.6 Å². The van der Waals surface area contributed by atoms with Crippen LogP contribution in [0.4, 0.5) is 0 Å². The number of amides is 11. The smallest absolute Gasteiger partial charge is 0.328 e. The van der Waals surface area contributed by atoms with Crippen LogP contribution in [0.3, 0.4) is 0 Å². The van der Waals surface area contributed by atoms with Gasteiger partial charge in [0.1, 0.15) is 73.1 Å². The molecular weight excluding hydrogens is 1470 g/mol. The number of nitrogens with zero attached hydrogens (tertiary/aromatic N) is 7. The lowest BCUT2D eigenvalue weighted by molar-refractivity contribution is -0.164. The van der Waals surface area contributed by atoms with Crippen molar-refractivity contribution in [1.82, 2.24) is 60.9 Å². The Bertz CT molecular complexity index is 3500. The number of esters is 2. The van der Waals surface area contributed by atoms with Gasteiger partial charge in [0.05, 0.1) is 12.6 Å². The molecule has 0 aromatic heterocycles. The lowest BCUT2D eigenvalue weighted by atomic mass is 9.91. The maximum Gasteiger partial charge on any atom is 0.328 e. The number of rotatable bonds is 45. The molecule has 29 heteroatoms. The van der Waals surface area contributed by atoms with E-state index in [9.17, 15) is 38.4 Å². The van der Waals surface area contributed by atoms with E-state index in [1.54, 1.807) is 82.6 Å². The van der Waals surface area contributed by atoms with E-state index >= 15 is 24.0 Å². The first kappa shape index (κ1) is 102. The average Bonchev–Trinajstić information content (AvgIpc) is 0.742. The minimum absolute atomic E-state index is 0.0546. The normalized spacial score (nSPS) is 15.6. The highest BCUT2D eigenvalue weighted by atomic mass is 28.4. The second-order valence-corrected chi connectivity index (χ2v) is 38.1. The van der Waals surface area contributed by atoms with Gasteiger partial charge in [0.25, 0.3) is 8.32 Å². The first-order valence-corrected chi connectivity index (χ1v) is 42.3. The van der Waals surface area contributed by atoms with Crippen molar-refractivity contribution in [3.8, 4) is 0 Å². The molecule has 5 N–H and O–H groups in total. The standard InChI is InChI=1S/C85H142N12O16Si/c1-31-33-40-56(13)73(113-62(19)99)72(77(103)89-65(32-2)84(110)111-46-45-91(24)61(18)98)97(30)83(109)70(55(11)12)95(28)81(107)68(49-53(7)8)94(27)80(106)67(48-52(5)6)93(26)79(105)60(17)88-74(100)58(15)87-75(101)66(47-51(3)4)92(25)82(108)69(54(9)10)90-76(102)71(96(29)78(104)59(16)86-23)57(14)50-112-114(85(20,21)22,63-41-36-34-37-42-63)64-43-38-35-39-44-64/h31,33-39,41-44,51-60,65-73,86H,32,40,45-50H2,1-30H3,(H,87,101)(H,88,100)(H,89,103)(H,90,102)/b33-31+/t56-,57-,58+,59-,60-,65+,66+,67+,68+,69+,70+,71+,72+,73-/m1/s1. The molecule has 0 heterocycles. The van der Waals surface area contributed by atoms with Crippen molar-refractivity contribution in [2.75, 3.05) is 76.1 Å². The van der Waals surface area contributed by atoms with Crippen LogP contribution < -0.4 is 37.0 Å². The summed E-state index contributed by atoms with van der Waals surface area (Å²) in [7, 11) is 8.72. The Morgan fingerprint density at radius 1 is 0.482 bits per heavy atom. The van der Waals surface area contributed by atoms with E-state index in [4.69, 9.17) is 13.9 Å². The van der Waals surface area contributed by atoms with Gasteiger partial charge in [0, 0.05) is 75.7 Å². The second-order valence-electron chi connectivity index (χ2n) is 33.8. The van der Waals surface area contributed by atoms with Crippen LogP contribution in [-0.2, 0) is 76.2 Å². The Morgan fingerprint density at radius 2 is 0.921 bits per heavy atom. The van der Waals surface area contributed by atoms with Gasteiger partial charge in [-0.2, -0.15) is 0 Å².